The minimum atomic E-state index is -0.448. The lowest BCUT2D eigenvalue weighted by Crippen LogP contribution is -1.98. The second-order valence-corrected chi connectivity index (χ2v) is 3.78. The maximum absolute atomic E-state index is 13.1. The van der Waals surface area contributed by atoms with Crippen molar-refractivity contribution in [3.05, 3.63) is 34.9 Å². The molecule has 0 fully saturated rings. The quantitative estimate of drug-likeness (QED) is 0.660. The summed E-state index contributed by atoms with van der Waals surface area (Å²) in [6.07, 6.45) is 0.716. The van der Waals surface area contributed by atoms with Crippen LogP contribution in [0.5, 0.6) is 0 Å². The first-order valence-corrected chi connectivity index (χ1v) is 4.45. The number of benzene rings is 1. The van der Waals surface area contributed by atoms with E-state index in [-0.39, 0.29) is 5.56 Å². The molecule has 0 saturated carbocycles. The Morgan fingerprint density at radius 1 is 1.15 bits per heavy atom. The fourth-order valence-corrected chi connectivity index (χ4v) is 1.29. The summed E-state index contributed by atoms with van der Waals surface area (Å²) in [7, 11) is 0. The highest BCUT2D eigenvalue weighted by Gasteiger charge is 2.07. The van der Waals surface area contributed by atoms with Gasteiger partial charge < -0.3 is 0 Å². The van der Waals surface area contributed by atoms with Gasteiger partial charge in [0.1, 0.15) is 11.6 Å². The molecule has 0 bridgehead atoms. The van der Waals surface area contributed by atoms with Crippen LogP contribution in [0.3, 0.4) is 0 Å². The third-order valence-corrected chi connectivity index (χ3v) is 1.98. The average molecular weight is 184 g/mol. The lowest BCUT2D eigenvalue weighted by molar-refractivity contribution is 0.558. The minimum absolute atomic E-state index is 0.104. The molecule has 0 aliphatic carbocycles. The summed E-state index contributed by atoms with van der Waals surface area (Å²) in [4.78, 5) is 0. The van der Waals surface area contributed by atoms with Gasteiger partial charge in [-0.2, -0.15) is 0 Å². The second-order valence-electron chi connectivity index (χ2n) is 3.78. The fourth-order valence-electron chi connectivity index (χ4n) is 1.29. The Hall–Kier alpha value is -0.920. The molecular formula is C11H14F2. The Kier molecular flexibility index (Phi) is 3.02. The van der Waals surface area contributed by atoms with Gasteiger partial charge in [0, 0.05) is 5.56 Å². The molecule has 0 N–H and O–H groups in total. The Labute approximate surface area is 77.6 Å². The standard InChI is InChI=1S/C11H14F2/c1-7(2)4-9-5-10(12)8(3)11(13)6-9/h5-7H,4H2,1-3H3. The lowest BCUT2D eigenvalue weighted by atomic mass is 10.0. The topological polar surface area (TPSA) is 0 Å². The van der Waals surface area contributed by atoms with Crippen molar-refractivity contribution in [1.29, 1.82) is 0 Å². The molecule has 72 valence electrons. The first kappa shape index (κ1) is 10.2. The molecule has 0 aliphatic heterocycles. The summed E-state index contributed by atoms with van der Waals surface area (Å²) >= 11 is 0. The maximum atomic E-state index is 13.1. The van der Waals surface area contributed by atoms with E-state index >= 15 is 0 Å². The summed E-state index contributed by atoms with van der Waals surface area (Å²) in [5, 5.41) is 0. The average Bonchev–Trinajstić information content (AvgIpc) is 1.98. The third kappa shape index (κ3) is 2.51. The molecule has 1 rings (SSSR count). The van der Waals surface area contributed by atoms with Crippen molar-refractivity contribution in [2.45, 2.75) is 27.2 Å². The zero-order valence-corrected chi connectivity index (χ0v) is 8.20. The van der Waals surface area contributed by atoms with Crippen molar-refractivity contribution in [3.63, 3.8) is 0 Å². The fraction of sp³-hybridized carbons (Fsp3) is 0.455. The summed E-state index contributed by atoms with van der Waals surface area (Å²) < 4.78 is 26.1. The number of hydrogen-bond acceptors (Lipinski definition) is 0. The van der Waals surface area contributed by atoms with Crippen molar-refractivity contribution in [1.82, 2.24) is 0 Å². The van der Waals surface area contributed by atoms with Gasteiger partial charge in [-0.25, -0.2) is 8.78 Å². The summed E-state index contributed by atoms with van der Waals surface area (Å²) in [6, 6.07) is 2.83. The Morgan fingerprint density at radius 3 is 2.00 bits per heavy atom. The molecule has 13 heavy (non-hydrogen) atoms. The van der Waals surface area contributed by atoms with Crippen molar-refractivity contribution in [2.24, 2.45) is 5.92 Å². The minimum Gasteiger partial charge on any atom is -0.207 e. The number of halogens is 2. The summed E-state index contributed by atoms with van der Waals surface area (Å²) in [5.74, 6) is -0.479. The molecule has 0 unspecified atom stereocenters. The molecule has 0 spiro atoms. The van der Waals surface area contributed by atoms with Gasteiger partial charge in [0.05, 0.1) is 0 Å². The van der Waals surface area contributed by atoms with Crippen LogP contribution >= 0.6 is 0 Å². The molecule has 0 aliphatic rings. The van der Waals surface area contributed by atoms with Crippen LogP contribution in [0.1, 0.15) is 25.0 Å². The van der Waals surface area contributed by atoms with E-state index < -0.39 is 11.6 Å². The molecule has 1 aromatic rings. The SMILES string of the molecule is Cc1c(F)cc(CC(C)C)cc1F. The van der Waals surface area contributed by atoms with Crippen LogP contribution in [-0.2, 0) is 6.42 Å². The number of hydrogen-bond donors (Lipinski definition) is 0. The Bertz CT molecular complexity index is 280. The van der Waals surface area contributed by atoms with E-state index in [0.29, 0.717) is 12.3 Å². The molecule has 2 heteroatoms. The van der Waals surface area contributed by atoms with Gasteiger partial charge in [-0.1, -0.05) is 13.8 Å². The summed E-state index contributed by atoms with van der Waals surface area (Å²) in [6.45, 7) is 5.50. The van der Waals surface area contributed by atoms with E-state index in [0.717, 1.165) is 5.56 Å². The van der Waals surface area contributed by atoms with Crippen LogP contribution in [0.2, 0.25) is 0 Å². The first-order valence-electron chi connectivity index (χ1n) is 4.45. The predicted octanol–water partition coefficient (Wildman–Crippen LogP) is 3.47. The molecule has 0 amide bonds. The Morgan fingerprint density at radius 2 is 1.62 bits per heavy atom. The molecule has 0 saturated heterocycles. The molecule has 0 atom stereocenters. The van der Waals surface area contributed by atoms with E-state index in [1.165, 1.54) is 19.1 Å². The lowest BCUT2D eigenvalue weighted by Gasteiger charge is -2.06. The van der Waals surface area contributed by atoms with Crippen LogP contribution in [0.25, 0.3) is 0 Å². The van der Waals surface area contributed by atoms with Gasteiger partial charge in [0.2, 0.25) is 0 Å². The van der Waals surface area contributed by atoms with E-state index in [1.807, 2.05) is 13.8 Å². The highest BCUT2D eigenvalue weighted by Crippen LogP contribution is 2.16. The van der Waals surface area contributed by atoms with Crippen LogP contribution in [0.4, 0.5) is 8.78 Å². The first-order chi connectivity index (χ1) is 6.00. The van der Waals surface area contributed by atoms with Crippen LogP contribution in [0, 0.1) is 24.5 Å². The van der Waals surface area contributed by atoms with Crippen LogP contribution in [-0.4, -0.2) is 0 Å². The highest BCUT2D eigenvalue weighted by atomic mass is 19.1. The molecule has 1 aromatic carbocycles. The maximum Gasteiger partial charge on any atom is 0.129 e. The zero-order valence-electron chi connectivity index (χ0n) is 8.20. The third-order valence-electron chi connectivity index (χ3n) is 1.98. The van der Waals surface area contributed by atoms with Crippen LogP contribution in [0.15, 0.2) is 12.1 Å². The largest absolute Gasteiger partial charge is 0.207 e. The highest BCUT2D eigenvalue weighted by molar-refractivity contribution is 5.25. The second kappa shape index (κ2) is 3.86. The van der Waals surface area contributed by atoms with E-state index in [9.17, 15) is 8.78 Å². The van der Waals surface area contributed by atoms with Crippen molar-refractivity contribution in [3.8, 4) is 0 Å². The zero-order chi connectivity index (χ0) is 10.0. The molecule has 0 heterocycles. The summed E-state index contributed by atoms with van der Waals surface area (Å²) in [5.41, 5.74) is 0.836. The van der Waals surface area contributed by atoms with Gasteiger partial charge >= 0.3 is 0 Å². The number of rotatable bonds is 2. The predicted molar refractivity (Wildman–Crippen MR) is 49.6 cm³/mol. The van der Waals surface area contributed by atoms with E-state index in [2.05, 4.69) is 0 Å². The molecular weight excluding hydrogens is 170 g/mol. The van der Waals surface area contributed by atoms with Gasteiger partial charge in [-0.05, 0) is 37.0 Å². The van der Waals surface area contributed by atoms with Gasteiger partial charge in [-0.15, -0.1) is 0 Å². The van der Waals surface area contributed by atoms with Crippen molar-refractivity contribution in [2.75, 3.05) is 0 Å². The molecule has 0 aromatic heterocycles. The van der Waals surface area contributed by atoms with Gasteiger partial charge in [0.25, 0.3) is 0 Å². The smallest absolute Gasteiger partial charge is 0.129 e. The normalized spacial score (nSPS) is 10.9. The van der Waals surface area contributed by atoms with Crippen LogP contribution < -0.4 is 0 Å². The van der Waals surface area contributed by atoms with Crippen molar-refractivity contribution >= 4 is 0 Å². The van der Waals surface area contributed by atoms with Gasteiger partial charge in [0.15, 0.2) is 0 Å². The Balaban J connectivity index is 2.99. The van der Waals surface area contributed by atoms with E-state index in [1.54, 1.807) is 0 Å². The molecule has 0 nitrogen and oxygen atoms in total. The molecule has 0 radical (unpaired) electrons. The monoisotopic (exact) mass is 184 g/mol. The van der Waals surface area contributed by atoms with Crippen molar-refractivity contribution < 1.29 is 8.78 Å². The van der Waals surface area contributed by atoms with Gasteiger partial charge in [-0.3, -0.25) is 0 Å². The van der Waals surface area contributed by atoms with E-state index in [4.69, 9.17) is 0 Å².